The van der Waals surface area contributed by atoms with Crippen molar-refractivity contribution in [3.05, 3.63) is 12.7 Å². The summed E-state index contributed by atoms with van der Waals surface area (Å²) in [7, 11) is 0. The van der Waals surface area contributed by atoms with Crippen LogP contribution in [0.1, 0.15) is 34.1 Å². The van der Waals surface area contributed by atoms with Crippen molar-refractivity contribution < 1.29 is 0 Å². The van der Waals surface area contributed by atoms with Crippen molar-refractivity contribution in [3.63, 3.8) is 0 Å². The second kappa shape index (κ2) is 9.35. The highest BCUT2D eigenvalue weighted by Crippen LogP contribution is 2.09. The van der Waals surface area contributed by atoms with Crippen molar-refractivity contribution in [1.29, 1.82) is 0 Å². The Morgan fingerprint density at radius 1 is 1.28 bits per heavy atom. The molecule has 2 aromatic rings. The summed E-state index contributed by atoms with van der Waals surface area (Å²) >= 11 is 0. The zero-order chi connectivity index (χ0) is 14.0. The van der Waals surface area contributed by atoms with E-state index in [-0.39, 0.29) is 0 Å². The molecule has 0 aliphatic carbocycles. The number of imidazole rings is 1. The van der Waals surface area contributed by atoms with Crippen LogP contribution in [0, 0.1) is 5.92 Å². The third-order valence-corrected chi connectivity index (χ3v) is 2.35. The van der Waals surface area contributed by atoms with Crippen LogP contribution in [0.25, 0.3) is 11.2 Å². The summed E-state index contributed by atoms with van der Waals surface area (Å²) in [6.45, 7) is 9.13. The number of anilines is 1. The quantitative estimate of drug-likeness (QED) is 0.757. The number of fused-ring (bicyclic) bond motifs is 1. The molecule has 1 unspecified atom stereocenters. The topological polar surface area (TPSA) is 106 Å². The molecular weight excluding hydrogens is 228 g/mol. The van der Waals surface area contributed by atoms with Crippen LogP contribution in [-0.4, -0.2) is 26.5 Å². The molecule has 2 heterocycles. The minimum atomic E-state index is 0.433. The highest BCUT2D eigenvalue weighted by Gasteiger charge is 1.99. The fraction of sp³-hybridized carbons (Fsp3) is 0.583. The van der Waals surface area contributed by atoms with Crippen molar-refractivity contribution in [2.75, 3.05) is 12.3 Å². The lowest BCUT2D eigenvalue weighted by molar-refractivity contribution is 0.576. The molecule has 2 rings (SSSR count). The molecule has 102 valence electrons. The Morgan fingerprint density at radius 3 is 2.39 bits per heavy atom. The summed E-state index contributed by atoms with van der Waals surface area (Å²) in [5, 5.41) is 0. The maximum absolute atomic E-state index is 5.48. The van der Waals surface area contributed by atoms with Crippen molar-refractivity contribution in [2.24, 2.45) is 11.7 Å². The van der Waals surface area contributed by atoms with E-state index in [0.717, 1.165) is 6.54 Å². The molecule has 2 aromatic heterocycles. The number of rotatable bonds is 2. The predicted molar refractivity (Wildman–Crippen MR) is 76.0 cm³/mol. The largest absolute Gasteiger partial charge is 0.382 e. The molecule has 0 saturated carbocycles. The third-order valence-electron chi connectivity index (χ3n) is 2.35. The molecule has 0 radical (unpaired) electrons. The van der Waals surface area contributed by atoms with Crippen LogP contribution in [0.15, 0.2) is 12.7 Å². The average Bonchev–Trinajstić information content (AvgIpc) is 2.91. The van der Waals surface area contributed by atoms with Crippen LogP contribution in [0.3, 0.4) is 0 Å². The molecule has 0 spiro atoms. The number of nitrogens with two attached hydrogens (primary N) is 2. The van der Waals surface area contributed by atoms with Gasteiger partial charge in [0.05, 0.1) is 6.33 Å². The summed E-state index contributed by atoms with van der Waals surface area (Å²) < 4.78 is 0. The molecule has 6 nitrogen and oxygen atoms in total. The summed E-state index contributed by atoms with van der Waals surface area (Å²) in [5.41, 5.74) is 12.1. The van der Waals surface area contributed by atoms with E-state index >= 15 is 0 Å². The lowest BCUT2D eigenvalue weighted by Crippen LogP contribution is -2.08. The molecule has 6 heteroatoms. The van der Waals surface area contributed by atoms with E-state index in [9.17, 15) is 0 Å². The maximum Gasteiger partial charge on any atom is 0.182 e. The minimum absolute atomic E-state index is 0.433. The molecule has 0 aromatic carbocycles. The minimum Gasteiger partial charge on any atom is -0.382 e. The summed E-state index contributed by atoms with van der Waals surface area (Å²) in [6, 6.07) is 0. The zero-order valence-corrected chi connectivity index (χ0v) is 11.6. The predicted octanol–water partition coefficient (Wildman–Crippen LogP) is 1.95. The zero-order valence-electron chi connectivity index (χ0n) is 11.6. The van der Waals surface area contributed by atoms with Gasteiger partial charge in [0.1, 0.15) is 11.8 Å². The number of hydrogen-bond donors (Lipinski definition) is 3. The van der Waals surface area contributed by atoms with Gasteiger partial charge in [0.15, 0.2) is 11.5 Å². The summed E-state index contributed by atoms with van der Waals surface area (Å²) in [6.07, 6.45) is 4.13. The number of H-pyrrole nitrogens is 1. The first-order valence-electron chi connectivity index (χ1n) is 6.28. The van der Waals surface area contributed by atoms with Crippen LogP contribution < -0.4 is 11.5 Å². The van der Waals surface area contributed by atoms with Crippen LogP contribution in [-0.2, 0) is 0 Å². The SMILES string of the molecule is CC.CCC(C)CN.Nc1ncnc2nc[nH]c12. The van der Waals surface area contributed by atoms with Crippen molar-refractivity contribution in [1.82, 2.24) is 19.9 Å². The van der Waals surface area contributed by atoms with E-state index < -0.39 is 0 Å². The van der Waals surface area contributed by atoms with E-state index in [4.69, 9.17) is 11.5 Å². The molecule has 1 atom stereocenters. The molecule has 5 N–H and O–H groups in total. The number of nitrogens with one attached hydrogen (secondary N) is 1. The smallest absolute Gasteiger partial charge is 0.182 e. The van der Waals surface area contributed by atoms with E-state index in [1.807, 2.05) is 13.8 Å². The van der Waals surface area contributed by atoms with E-state index in [0.29, 0.717) is 22.9 Å². The first-order valence-corrected chi connectivity index (χ1v) is 6.28. The van der Waals surface area contributed by atoms with Gasteiger partial charge in [-0.2, -0.15) is 0 Å². The van der Waals surface area contributed by atoms with E-state index in [1.54, 1.807) is 0 Å². The Balaban J connectivity index is 0.000000315. The highest BCUT2D eigenvalue weighted by atomic mass is 15.0. The maximum atomic E-state index is 5.48. The van der Waals surface area contributed by atoms with Crippen LogP contribution in [0.5, 0.6) is 0 Å². The molecular formula is C12H24N6. The molecule has 0 amide bonds. The van der Waals surface area contributed by atoms with Crippen molar-refractivity contribution in [2.45, 2.75) is 34.1 Å². The molecule has 0 saturated heterocycles. The van der Waals surface area contributed by atoms with Crippen LogP contribution in [0.2, 0.25) is 0 Å². The molecule has 0 fully saturated rings. The number of aromatic nitrogens is 4. The van der Waals surface area contributed by atoms with Crippen LogP contribution in [0.4, 0.5) is 5.82 Å². The van der Waals surface area contributed by atoms with Gasteiger partial charge in [-0.1, -0.05) is 34.1 Å². The number of hydrogen-bond acceptors (Lipinski definition) is 5. The fourth-order valence-corrected chi connectivity index (χ4v) is 0.950. The number of aromatic amines is 1. The van der Waals surface area contributed by atoms with Gasteiger partial charge in [-0.3, -0.25) is 0 Å². The van der Waals surface area contributed by atoms with Gasteiger partial charge in [-0.15, -0.1) is 0 Å². The first-order chi connectivity index (χ1) is 8.69. The van der Waals surface area contributed by atoms with Crippen LogP contribution >= 0.6 is 0 Å². The lowest BCUT2D eigenvalue weighted by atomic mass is 10.1. The van der Waals surface area contributed by atoms with Gasteiger partial charge in [0.25, 0.3) is 0 Å². The standard InChI is InChI=1S/C5H5N5.C5H13N.C2H6/c6-4-3-5(9-1-7-3)10-2-8-4;1-3-5(2)4-6;1-2/h1-2H,(H3,6,7,8,9,10);5H,3-4,6H2,1-2H3;1-2H3. The van der Waals surface area contributed by atoms with Gasteiger partial charge in [-0.05, 0) is 12.5 Å². The number of nitrogens with zero attached hydrogens (tertiary/aromatic N) is 3. The lowest BCUT2D eigenvalue weighted by Gasteiger charge is -1.98. The Hall–Kier alpha value is -1.69. The van der Waals surface area contributed by atoms with Crippen molar-refractivity contribution >= 4 is 17.0 Å². The monoisotopic (exact) mass is 252 g/mol. The van der Waals surface area contributed by atoms with Gasteiger partial charge in [0.2, 0.25) is 0 Å². The molecule has 0 bridgehead atoms. The Labute approximate surface area is 108 Å². The van der Waals surface area contributed by atoms with Gasteiger partial charge >= 0.3 is 0 Å². The second-order valence-electron chi connectivity index (χ2n) is 3.61. The first kappa shape index (κ1) is 16.3. The normalized spacial score (nSPS) is 10.9. The number of nitrogen functional groups attached to an aromatic ring is 1. The Morgan fingerprint density at radius 2 is 1.94 bits per heavy atom. The Bertz CT molecular complexity index is 421. The summed E-state index contributed by atoms with van der Waals surface area (Å²) in [4.78, 5) is 14.4. The van der Waals surface area contributed by atoms with E-state index in [1.165, 1.54) is 19.1 Å². The van der Waals surface area contributed by atoms with Gasteiger partial charge < -0.3 is 16.5 Å². The molecule has 0 aliphatic rings. The molecule has 18 heavy (non-hydrogen) atoms. The van der Waals surface area contributed by atoms with Crippen molar-refractivity contribution in [3.8, 4) is 0 Å². The summed E-state index contributed by atoms with van der Waals surface area (Å²) in [5.74, 6) is 1.15. The second-order valence-corrected chi connectivity index (χ2v) is 3.61. The van der Waals surface area contributed by atoms with Gasteiger partial charge in [-0.25, -0.2) is 15.0 Å². The highest BCUT2D eigenvalue weighted by molar-refractivity contribution is 5.80. The Kier molecular flexibility index (Phi) is 8.47. The van der Waals surface area contributed by atoms with E-state index in [2.05, 4.69) is 33.8 Å². The fourth-order valence-electron chi connectivity index (χ4n) is 0.950. The average molecular weight is 252 g/mol. The molecule has 0 aliphatic heterocycles. The van der Waals surface area contributed by atoms with Gasteiger partial charge in [0, 0.05) is 0 Å². The third kappa shape index (κ3) is 5.09.